The highest BCUT2D eigenvalue weighted by molar-refractivity contribution is 6.30. The average molecular weight is 179 g/mol. The lowest BCUT2D eigenvalue weighted by molar-refractivity contribution is 0.751. The van der Waals surface area contributed by atoms with Gasteiger partial charge in [-0.3, -0.25) is 0 Å². The topological polar surface area (TPSA) is 30.7 Å². The molecule has 0 saturated carbocycles. The van der Waals surface area contributed by atoms with E-state index in [4.69, 9.17) is 11.6 Å². The lowest BCUT2D eigenvalue weighted by Crippen LogP contribution is -1.97. The van der Waals surface area contributed by atoms with Crippen molar-refractivity contribution in [3.8, 4) is 5.69 Å². The first kappa shape index (κ1) is 7.31. The molecule has 2 aromatic rings. The van der Waals surface area contributed by atoms with Crippen LogP contribution in [0.3, 0.4) is 0 Å². The molecule has 0 saturated heterocycles. The zero-order chi connectivity index (χ0) is 8.39. The van der Waals surface area contributed by atoms with Crippen LogP contribution in [0.25, 0.3) is 5.69 Å². The molecule has 0 atom stereocenters. The minimum Gasteiger partial charge on any atom is -0.156 e. The summed E-state index contributed by atoms with van der Waals surface area (Å²) in [5, 5.41) is 8.48. The van der Waals surface area contributed by atoms with Gasteiger partial charge in [0.15, 0.2) is 0 Å². The van der Waals surface area contributed by atoms with E-state index in [1.165, 1.54) is 11.0 Å². The van der Waals surface area contributed by atoms with Gasteiger partial charge in [0.2, 0.25) is 0 Å². The van der Waals surface area contributed by atoms with Crippen LogP contribution >= 0.6 is 11.6 Å². The highest BCUT2D eigenvalue weighted by Crippen LogP contribution is 2.10. The average Bonchev–Trinajstić information content (AvgIpc) is 2.58. The van der Waals surface area contributed by atoms with Crippen molar-refractivity contribution < 1.29 is 0 Å². The molecule has 0 N–H and O–H groups in total. The second-order valence-electron chi connectivity index (χ2n) is 2.24. The van der Waals surface area contributed by atoms with E-state index < -0.39 is 0 Å². The van der Waals surface area contributed by atoms with Gasteiger partial charge in [-0.15, -0.1) is 5.10 Å². The molecule has 0 aliphatic rings. The fourth-order valence-electron chi connectivity index (χ4n) is 0.886. The summed E-state index contributed by atoms with van der Waals surface area (Å²) in [7, 11) is 0. The Labute approximate surface area is 74.6 Å². The quantitative estimate of drug-likeness (QED) is 0.666. The fraction of sp³-hybridized carbons (Fsp3) is 0. The molecule has 0 bridgehead atoms. The Morgan fingerprint density at radius 2 is 2.00 bits per heavy atom. The third-order valence-corrected chi connectivity index (χ3v) is 1.69. The number of nitrogens with zero attached hydrogens (tertiary/aromatic N) is 3. The van der Waals surface area contributed by atoms with Crippen LogP contribution < -0.4 is 0 Å². The molecular weight excluding hydrogens is 174 g/mol. The van der Waals surface area contributed by atoms with Crippen molar-refractivity contribution in [1.82, 2.24) is 15.0 Å². The Balaban J connectivity index is 2.43. The van der Waals surface area contributed by atoms with Gasteiger partial charge in [0.1, 0.15) is 6.20 Å². The molecule has 1 radical (unpaired) electrons. The zero-order valence-corrected chi connectivity index (χ0v) is 6.86. The predicted molar refractivity (Wildman–Crippen MR) is 45.2 cm³/mol. The summed E-state index contributed by atoms with van der Waals surface area (Å²) in [5.41, 5.74) is 0.876. The van der Waals surface area contributed by atoms with Gasteiger partial charge in [0, 0.05) is 5.02 Å². The monoisotopic (exact) mass is 178 g/mol. The number of aromatic nitrogens is 3. The van der Waals surface area contributed by atoms with E-state index in [-0.39, 0.29) is 0 Å². The molecule has 3 nitrogen and oxygen atoms in total. The summed E-state index contributed by atoms with van der Waals surface area (Å²) in [6, 6.07) is 7.27. The second-order valence-corrected chi connectivity index (χ2v) is 2.68. The van der Waals surface area contributed by atoms with Crippen LogP contribution in [0.2, 0.25) is 5.02 Å². The minimum absolute atomic E-state index is 0.704. The van der Waals surface area contributed by atoms with Crippen LogP contribution in [-0.4, -0.2) is 15.0 Å². The fourth-order valence-corrected chi connectivity index (χ4v) is 1.01. The Kier molecular flexibility index (Phi) is 1.80. The summed E-state index contributed by atoms with van der Waals surface area (Å²) < 4.78 is 0. The van der Waals surface area contributed by atoms with E-state index in [0.29, 0.717) is 5.02 Å². The van der Waals surface area contributed by atoms with E-state index in [9.17, 15) is 0 Å². The smallest absolute Gasteiger partial charge is 0.135 e. The highest BCUT2D eigenvalue weighted by atomic mass is 35.5. The van der Waals surface area contributed by atoms with Crippen LogP contribution in [0, 0.1) is 6.20 Å². The van der Waals surface area contributed by atoms with Crippen molar-refractivity contribution in [2.75, 3.05) is 0 Å². The summed E-state index contributed by atoms with van der Waals surface area (Å²) in [4.78, 5) is 1.48. The van der Waals surface area contributed by atoms with Gasteiger partial charge < -0.3 is 0 Å². The zero-order valence-electron chi connectivity index (χ0n) is 6.11. The van der Waals surface area contributed by atoms with Gasteiger partial charge in [-0.1, -0.05) is 11.6 Å². The van der Waals surface area contributed by atoms with Gasteiger partial charge in [-0.05, 0) is 24.3 Å². The first-order chi connectivity index (χ1) is 5.86. The number of hydrogen-bond acceptors (Lipinski definition) is 2. The van der Waals surface area contributed by atoms with Crippen molar-refractivity contribution in [3.63, 3.8) is 0 Å². The maximum Gasteiger partial charge on any atom is 0.135 e. The number of hydrogen-bond donors (Lipinski definition) is 0. The Morgan fingerprint density at radius 1 is 1.25 bits per heavy atom. The lowest BCUT2D eigenvalue weighted by atomic mass is 10.3. The summed E-state index contributed by atoms with van der Waals surface area (Å²) in [6.07, 6.45) is 4.12. The standard InChI is InChI=1S/C8H5ClN3/c9-7-1-3-8(4-2-7)12-10-5-6-11-12/h1-5H. The van der Waals surface area contributed by atoms with Crippen molar-refractivity contribution >= 4 is 11.6 Å². The lowest BCUT2D eigenvalue weighted by Gasteiger charge is -1.97. The van der Waals surface area contributed by atoms with Crippen LogP contribution in [0.4, 0.5) is 0 Å². The molecular formula is C8H5ClN3. The largest absolute Gasteiger partial charge is 0.156 e. The van der Waals surface area contributed by atoms with E-state index in [2.05, 4.69) is 16.4 Å². The van der Waals surface area contributed by atoms with Crippen molar-refractivity contribution in [2.24, 2.45) is 0 Å². The van der Waals surface area contributed by atoms with Crippen molar-refractivity contribution in [1.29, 1.82) is 0 Å². The Morgan fingerprint density at radius 3 is 2.58 bits per heavy atom. The Bertz CT molecular complexity index is 352. The SMILES string of the molecule is Clc1ccc(-n2n[c]cn2)cc1. The van der Waals surface area contributed by atoms with Gasteiger partial charge in [0.05, 0.1) is 11.9 Å². The van der Waals surface area contributed by atoms with Crippen LogP contribution in [0.5, 0.6) is 0 Å². The van der Waals surface area contributed by atoms with Gasteiger partial charge in [0.25, 0.3) is 0 Å². The first-order valence-corrected chi connectivity index (χ1v) is 3.78. The summed E-state index contributed by atoms with van der Waals surface area (Å²) >= 11 is 5.72. The highest BCUT2D eigenvalue weighted by Gasteiger charge is 1.95. The normalized spacial score (nSPS) is 10.1. The number of halogens is 1. The molecule has 0 fully saturated rings. The Hall–Kier alpha value is -1.35. The van der Waals surface area contributed by atoms with E-state index >= 15 is 0 Å². The van der Waals surface area contributed by atoms with E-state index in [0.717, 1.165) is 5.69 Å². The van der Waals surface area contributed by atoms with Gasteiger partial charge in [-0.2, -0.15) is 9.90 Å². The van der Waals surface area contributed by atoms with Crippen LogP contribution in [-0.2, 0) is 0 Å². The molecule has 0 aliphatic heterocycles. The maximum atomic E-state index is 5.72. The number of rotatable bonds is 1. The molecule has 1 aromatic heterocycles. The maximum absolute atomic E-state index is 5.72. The van der Waals surface area contributed by atoms with E-state index in [1.54, 1.807) is 12.1 Å². The first-order valence-electron chi connectivity index (χ1n) is 3.40. The molecule has 2 rings (SSSR count). The van der Waals surface area contributed by atoms with Crippen LogP contribution in [0.1, 0.15) is 0 Å². The molecule has 12 heavy (non-hydrogen) atoms. The molecule has 4 heteroatoms. The van der Waals surface area contributed by atoms with E-state index in [1.807, 2.05) is 12.1 Å². The number of benzene rings is 1. The van der Waals surface area contributed by atoms with Gasteiger partial charge in [-0.25, -0.2) is 0 Å². The summed E-state index contributed by atoms with van der Waals surface area (Å²) in [6.45, 7) is 0. The molecule has 1 heterocycles. The third kappa shape index (κ3) is 1.31. The molecule has 0 aliphatic carbocycles. The van der Waals surface area contributed by atoms with Crippen LogP contribution in [0.15, 0.2) is 30.5 Å². The van der Waals surface area contributed by atoms with Crippen molar-refractivity contribution in [3.05, 3.63) is 41.7 Å². The molecule has 1 aromatic carbocycles. The molecule has 0 unspecified atom stereocenters. The minimum atomic E-state index is 0.704. The second kappa shape index (κ2) is 2.95. The third-order valence-electron chi connectivity index (χ3n) is 1.43. The predicted octanol–water partition coefficient (Wildman–Crippen LogP) is 1.72. The molecule has 0 spiro atoms. The molecule has 0 amide bonds. The van der Waals surface area contributed by atoms with Gasteiger partial charge >= 0.3 is 0 Å². The molecule has 59 valence electrons. The summed E-state index contributed by atoms with van der Waals surface area (Å²) in [5.74, 6) is 0. The van der Waals surface area contributed by atoms with Crippen molar-refractivity contribution in [2.45, 2.75) is 0 Å².